The molecule has 11 heteroatoms. The van der Waals surface area contributed by atoms with Crippen molar-refractivity contribution in [2.24, 2.45) is 0 Å². The topological polar surface area (TPSA) is 105 Å². The molecular formula is C26H31N7O3S. The third kappa shape index (κ3) is 5.32. The number of aromatic nitrogens is 3. The van der Waals surface area contributed by atoms with Crippen molar-refractivity contribution in [2.75, 3.05) is 61.1 Å². The SMILES string of the molecule is COc1cccc(Cn2ccc3cnc(Nc4ccc(N5CCNCC5)cc4)nc32)c1N(C)S(C)(=O)=O. The van der Waals surface area contributed by atoms with Crippen LogP contribution in [0.1, 0.15) is 5.56 Å². The zero-order valence-corrected chi connectivity index (χ0v) is 22.0. The summed E-state index contributed by atoms with van der Waals surface area (Å²) in [6.45, 7) is 4.40. The molecule has 0 amide bonds. The van der Waals surface area contributed by atoms with Crippen molar-refractivity contribution in [2.45, 2.75) is 6.54 Å². The summed E-state index contributed by atoms with van der Waals surface area (Å²) in [5.74, 6) is 0.977. The van der Waals surface area contributed by atoms with Gasteiger partial charge in [0.05, 0.1) is 25.6 Å². The quantitative estimate of drug-likeness (QED) is 0.365. The van der Waals surface area contributed by atoms with E-state index < -0.39 is 10.0 Å². The average molecular weight is 522 g/mol. The standard InChI is InChI=1S/C26H31N7O3S/c1-31(37(3,34)35)24-20(5-4-6-23(24)36-2)18-33-14-11-19-17-28-26(30-25(19)33)29-21-7-9-22(10-8-21)32-15-12-27-13-16-32/h4-11,14,17,27H,12-13,15-16,18H2,1-3H3,(H,28,29,30). The van der Waals surface area contributed by atoms with Gasteiger partial charge in [0.15, 0.2) is 0 Å². The van der Waals surface area contributed by atoms with E-state index in [-0.39, 0.29) is 0 Å². The van der Waals surface area contributed by atoms with Crippen molar-refractivity contribution < 1.29 is 13.2 Å². The molecule has 0 aliphatic carbocycles. The van der Waals surface area contributed by atoms with Crippen LogP contribution in [0.3, 0.4) is 0 Å². The van der Waals surface area contributed by atoms with Gasteiger partial charge in [0.1, 0.15) is 11.4 Å². The maximum absolute atomic E-state index is 12.3. The molecule has 4 aromatic rings. The normalized spacial score (nSPS) is 14.1. The van der Waals surface area contributed by atoms with Crippen molar-refractivity contribution in [1.82, 2.24) is 19.9 Å². The molecule has 0 atom stereocenters. The van der Waals surface area contributed by atoms with Gasteiger partial charge in [-0.05, 0) is 42.0 Å². The molecule has 10 nitrogen and oxygen atoms in total. The zero-order chi connectivity index (χ0) is 26.0. The summed E-state index contributed by atoms with van der Waals surface area (Å²) in [5, 5.41) is 7.56. The van der Waals surface area contributed by atoms with E-state index in [1.807, 2.05) is 41.1 Å². The lowest BCUT2D eigenvalue weighted by Crippen LogP contribution is -2.43. The van der Waals surface area contributed by atoms with Crippen LogP contribution in [-0.4, -0.2) is 69.5 Å². The van der Waals surface area contributed by atoms with E-state index in [9.17, 15) is 8.42 Å². The molecule has 194 valence electrons. The number of ether oxygens (including phenoxy) is 1. The third-order valence-corrected chi connectivity index (χ3v) is 7.74. The van der Waals surface area contributed by atoms with E-state index in [1.54, 1.807) is 12.3 Å². The summed E-state index contributed by atoms with van der Waals surface area (Å²) in [6, 6.07) is 15.7. The van der Waals surface area contributed by atoms with Gasteiger partial charge in [-0.2, -0.15) is 4.98 Å². The molecule has 1 aliphatic heterocycles. The highest BCUT2D eigenvalue weighted by molar-refractivity contribution is 7.92. The van der Waals surface area contributed by atoms with E-state index in [2.05, 4.69) is 32.7 Å². The number of nitrogens with one attached hydrogen (secondary N) is 2. The number of hydrogen-bond donors (Lipinski definition) is 2. The Balaban J connectivity index is 1.41. The van der Waals surface area contributed by atoms with Crippen LogP contribution in [0, 0.1) is 0 Å². The molecule has 0 radical (unpaired) electrons. The highest BCUT2D eigenvalue weighted by Crippen LogP contribution is 2.34. The fourth-order valence-corrected chi connectivity index (χ4v) is 5.07. The van der Waals surface area contributed by atoms with Crippen molar-refractivity contribution >= 4 is 44.1 Å². The first-order valence-corrected chi connectivity index (χ1v) is 13.9. The van der Waals surface area contributed by atoms with Gasteiger partial charge in [-0.25, -0.2) is 13.4 Å². The van der Waals surface area contributed by atoms with Gasteiger partial charge in [-0.1, -0.05) is 12.1 Å². The Labute approximate surface area is 216 Å². The van der Waals surface area contributed by atoms with Crippen molar-refractivity contribution in [3.05, 3.63) is 66.5 Å². The summed E-state index contributed by atoms with van der Waals surface area (Å²) >= 11 is 0. The lowest BCUT2D eigenvalue weighted by molar-refractivity contribution is 0.415. The molecule has 5 rings (SSSR count). The van der Waals surface area contributed by atoms with Gasteiger partial charge in [0.2, 0.25) is 16.0 Å². The molecule has 3 heterocycles. The maximum atomic E-state index is 12.3. The smallest absolute Gasteiger partial charge is 0.232 e. The zero-order valence-electron chi connectivity index (χ0n) is 21.2. The Morgan fingerprint density at radius 3 is 2.57 bits per heavy atom. The van der Waals surface area contributed by atoms with Crippen LogP contribution >= 0.6 is 0 Å². The molecule has 2 aromatic carbocycles. The molecule has 0 unspecified atom stereocenters. The van der Waals surface area contributed by atoms with Gasteiger partial charge >= 0.3 is 0 Å². The van der Waals surface area contributed by atoms with Gasteiger partial charge < -0.3 is 24.8 Å². The first-order valence-electron chi connectivity index (χ1n) is 12.1. The number of fused-ring (bicyclic) bond motifs is 1. The van der Waals surface area contributed by atoms with E-state index in [1.165, 1.54) is 30.4 Å². The maximum Gasteiger partial charge on any atom is 0.232 e. The Hall–Kier alpha value is -3.83. The van der Waals surface area contributed by atoms with Crippen LogP contribution in [0.4, 0.5) is 23.0 Å². The second-order valence-corrected chi connectivity index (χ2v) is 11.0. The lowest BCUT2D eigenvalue weighted by Gasteiger charge is -2.29. The van der Waals surface area contributed by atoms with Crippen LogP contribution in [0.15, 0.2) is 60.9 Å². The number of methoxy groups -OCH3 is 1. The minimum Gasteiger partial charge on any atom is -0.495 e. The number of para-hydroxylation sites is 1. The minimum atomic E-state index is -3.48. The third-order valence-electron chi connectivity index (χ3n) is 6.56. The molecule has 0 spiro atoms. The second kappa shape index (κ2) is 10.3. The lowest BCUT2D eigenvalue weighted by atomic mass is 10.1. The Kier molecular flexibility index (Phi) is 6.90. The molecule has 1 aliphatic rings. The second-order valence-electron chi connectivity index (χ2n) is 9.02. The average Bonchev–Trinajstić information content (AvgIpc) is 3.30. The number of sulfonamides is 1. The van der Waals surface area contributed by atoms with E-state index >= 15 is 0 Å². The number of hydrogen-bond acceptors (Lipinski definition) is 8. The van der Waals surface area contributed by atoms with Gasteiger partial charge in [0, 0.05) is 62.4 Å². The van der Waals surface area contributed by atoms with Gasteiger partial charge in [-0.3, -0.25) is 4.31 Å². The Bertz CT molecular complexity index is 1500. The predicted octanol–water partition coefficient (Wildman–Crippen LogP) is 3.04. The van der Waals surface area contributed by atoms with E-state index in [0.29, 0.717) is 23.9 Å². The number of anilines is 4. The first kappa shape index (κ1) is 24.8. The summed E-state index contributed by atoms with van der Waals surface area (Å²) in [6.07, 6.45) is 4.89. The number of rotatable bonds is 8. The molecule has 2 N–H and O–H groups in total. The van der Waals surface area contributed by atoms with Crippen molar-refractivity contribution in [1.29, 1.82) is 0 Å². The molecule has 1 fully saturated rings. The minimum absolute atomic E-state index is 0.408. The summed E-state index contributed by atoms with van der Waals surface area (Å²) in [7, 11) is -0.419. The molecular weight excluding hydrogens is 490 g/mol. The van der Waals surface area contributed by atoms with Crippen molar-refractivity contribution in [3.63, 3.8) is 0 Å². The van der Waals surface area contributed by atoms with Crippen LogP contribution in [0.5, 0.6) is 5.75 Å². The van der Waals surface area contributed by atoms with Crippen LogP contribution in [-0.2, 0) is 16.6 Å². The van der Waals surface area contributed by atoms with Gasteiger partial charge in [-0.15, -0.1) is 0 Å². The fourth-order valence-electron chi connectivity index (χ4n) is 4.53. The number of piperazine rings is 1. The largest absolute Gasteiger partial charge is 0.495 e. The first-order chi connectivity index (χ1) is 17.8. The molecule has 0 saturated carbocycles. The highest BCUT2D eigenvalue weighted by atomic mass is 32.2. The Morgan fingerprint density at radius 2 is 1.86 bits per heavy atom. The number of benzene rings is 2. The fraction of sp³-hybridized carbons (Fsp3) is 0.308. The van der Waals surface area contributed by atoms with Crippen LogP contribution in [0.25, 0.3) is 11.0 Å². The molecule has 1 saturated heterocycles. The van der Waals surface area contributed by atoms with Crippen LogP contribution in [0.2, 0.25) is 0 Å². The predicted molar refractivity (Wildman–Crippen MR) is 148 cm³/mol. The molecule has 0 bridgehead atoms. The summed E-state index contributed by atoms with van der Waals surface area (Å²) < 4.78 is 33.4. The highest BCUT2D eigenvalue weighted by Gasteiger charge is 2.21. The summed E-state index contributed by atoms with van der Waals surface area (Å²) in [4.78, 5) is 11.6. The van der Waals surface area contributed by atoms with Gasteiger partial charge in [0.25, 0.3) is 0 Å². The number of nitrogens with zero attached hydrogens (tertiary/aromatic N) is 5. The Morgan fingerprint density at radius 1 is 1.11 bits per heavy atom. The van der Waals surface area contributed by atoms with Crippen molar-refractivity contribution in [3.8, 4) is 5.75 Å². The van der Waals surface area contributed by atoms with Crippen LogP contribution < -0.4 is 24.6 Å². The summed E-state index contributed by atoms with van der Waals surface area (Å²) in [5.41, 5.74) is 4.14. The van der Waals surface area contributed by atoms with E-state index in [4.69, 9.17) is 9.72 Å². The molecule has 37 heavy (non-hydrogen) atoms. The monoisotopic (exact) mass is 521 g/mol. The van der Waals surface area contributed by atoms with E-state index in [0.717, 1.165) is 48.5 Å². The molecule has 2 aromatic heterocycles.